The molecule has 0 fully saturated rings. The first-order valence-corrected chi connectivity index (χ1v) is 6.38. The summed E-state index contributed by atoms with van der Waals surface area (Å²) in [7, 11) is 1.58. The molecule has 0 saturated carbocycles. The molecule has 1 aromatic heterocycles. The second-order valence-corrected chi connectivity index (χ2v) is 4.45. The number of nitrogens with zero attached hydrogens (tertiary/aromatic N) is 1. The standard InChI is InChI=1S/C15H16N2O4/c1-21-12-5-2-4-11(8-12)9-16-15(20)13-6-3-7-17(13)10-14(18)19/h2-8H,9-10H2,1H3,(H,16,20)(H,18,19). The molecule has 0 aliphatic rings. The minimum atomic E-state index is -0.993. The Morgan fingerprint density at radius 2 is 2.10 bits per heavy atom. The fraction of sp³-hybridized carbons (Fsp3) is 0.200. The van der Waals surface area contributed by atoms with Crippen LogP contribution < -0.4 is 10.1 Å². The zero-order valence-corrected chi connectivity index (χ0v) is 11.6. The number of carbonyl (C=O) groups is 2. The average Bonchev–Trinajstić information content (AvgIpc) is 2.92. The van der Waals surface area contributed by atoms with Gasteiger partial charge in [0.2, 0.25) is 0 Å². The first-order valence-electron chi connectivity index (χ1n) is 6.38. The summed E-state index contributed by atoms with van der Waals surface area (Å²) in [4.78, 5) is 22.8. The third-order valence-corrected chi connectivity index (χ3v) is 2.95. The Labute approximate surface area is 122 Å². The quantitative estimate of drug-likeness (QED) is 0.844. The molecule has 0 saturated heterocycles. The number of ether oxygens (including phenoxy) is 1. The molecular weight excluding hydrogens is 272 g/mol. The van der Waals surface area contributed by atoms with Crippen molar-refractivity contribution in [2.45, 2.75) is 13.1 Å². The molecule has 110 valence electrons. The number of carboxylic acid groups (broad SMARTS) is 1. The first-order chi connectivity index (χ1) is 10.1. The summed E-state index contributed by atoms with van der Waals surface area (Å²) >= 11 is 0. The van der Waals surface area contributed by atoms with Gasteiger partial charge in [-0.2, -0.15) is 0 Å². The van der Waals surface area contributed by atoms with Gasteiger partial charge in [-0.3, -0.25) is 9.59 Å². The molecule has 0 spiro atoms. The predicted molar refractivity (Wildman–Crippen MR) is 76.2 cm³/mol. The van der Waals surface area contributed by atoms with Gasteiger partial charge in [0.05, 0.1) is 7.11 Å². The van der Waals surface area contributed by atoms with E-state index in [1.165, 1.54) is 4.57 Å². The third-order valence-electron chi connectivity index (χ3n) is 2.95. The molecule has 2 N–H and O–H groups in total. The number of rotatable bonds is 6. The van der Waals surface area contributed by atoms with E-state index in [-0.39, 0.29) is 12.5 Å². The summed E-state index contributed by atoms with van der Waals surface area (Å²) in [5, 5.41) is 11.5. The van der Waals surface area contributed by atoms with Gasteiger partial charge in [-0.1, -0.05) is 12.1 Å². The molecule has 0 aliphatic carbocycles. The lowest BCUT2D eigenvalue weighted by molar-refractivity contribution is -0.137. The summed E-state index contributed by atoms with van der Waals surface area (Å²) in [6.07, 6.45) is 1.56. The highest BCUT2D eigenvalue weighted by Gasteiger charge is 2.12. The first kappa shape index (κ1) is 14.6. The average molecular weight is 288 g/mol. The summed E-state index contributed by atoms with van der Waals surface area (Å²) in [5.41, 5.74) is 1.22. The number of carbonyl (C=O) groups excluding carboxylic acids is 1. The van der Waals surface area contributed by atoms with Crippen molar-refractivity contribution >= 4 is 11.9 Å². The van der Waals surface area contributed by atoms with E-state index in [4.69, 9.17) is 9.84 Å². The second-order valence-electron chi connectivity index (χ2n) is 4.45. The van der Waals surface area contributed by atoms with E-state index >= 15 is 0 Å². The van der Waals surface area contributed by atoms with E-state index < -0.39 is 5.97 Å². The highest BCUT2D eigenvalue weighted by molar-refractivity contribution is 5.93. The van der Waals surface area contributed by atoms with Gasteiger partial charge in [-0.15, -0.1) is 0 Å². The normalized spacial score (nSPS) is 10.1. The molecule has 21 heavy (non-hydrogen) atoms. The molecule has 1 amide bonds. The lowest BCUT2D eigenvalue weighted by Crippen LogP contribution is -2.26. The number of methoxy groups -OCH3 is 1. The lowest BCUT2D eigenvalue weighted by Gasteiger charge is -2.09. The second kappa shape index (κ2) is 6.60. The zero-order chi connectivity index (χ0) is 15.2. The molecule has 0 atom stereocenters. The number of aromatic nitrogens is 1. The van der Waals surface area contributed by atoms with E-state index in [0.717, 1.165) is 11.3 Å². The van der Waals surface area contributed by atoms with Gasteiger partial charge in [0.1, 0.15) is 18.0 Å². The molecule has 0 bridgehead atoms. The third kappa shape index (κ3) is 3.85. The number of amides is 1. The zero-order valence-electron chi connectivity index (χ0n) is 11.6. The van der Waals surface area contributed by atoms with Crippen LogP contribution in [0.15, 0.2) is 42.6 Å². The molecule has 2 aromatic rings. The van der Waals surface area contributed by atoms with Gasteiger partial charge in [0.15, 0.2) is 0 Å². The molecular formula is C15H16N2O4. The van der Waals surface area contributed by atoms with Crippen molar-refractivity contribution in [3.05, 3.63) is 53.9 Å². The maximum atomic E-state index is 12.1. The number of hydrogen-bond donors (Lipinski definition) is 2. The summed E-state index contributed by atoms with van der Waals surface area (Å²) in [5.74, 6) is -0.590. The van der Waals surface area contributed by atoms with Crippen molar-refractivity contribution in [3.8, 4) is 5.75 Å². The lowest BCUT2D eigenvalue weighted by atomic mass is 10.2. The van der Waals surface area contributed by atoms with E-state index in [1.54, 1.807) is 25.4 Å². The van der Waals surface area contributed by atoms with Crippen molar-refractivity contribution < 1.29 is 19.4 Å². The minimum absolute atomic E-state index is 0.241. The van der Waals surface area contributed by atoms with Crippen LogP contribution in [0.1, 0.15) is 16.1 Å². The Morgan fingerprint density at radius 3 is 2.81 bits per heavy atom. The Balaban J connectivity index is 2.01. The monoisotopic (exact) mass is 288 g/mol. The van der Waals surface area contributed by atoms with E-state index in [2.05, 4.69) is 5.32 Å². The molecule has 6 nitrogen and oxygen atoms in total. The predicted octanol–water partition coefficient (Wildman–Crippen LogP) is 1.51. The van der Waals surface area contributed by atoms with E-state index in [9.17, 15) is 9.59 Å². The number of hydrogen-bond acceptors (Lipinski definition) is 3. The maximum Gasteiger partial charge on any atom is 0.323 e. The van der Waals surface area contributed by atoms with Crippen molar-refractivity contribution in [1.29, 1.82) is 0 Å². The summed E-state index contributed by atoms with van der Waals surface area (Å²) in [6.45, 7) is 0.100. The molecule has 0 radical (unpaired) electrons. The van der Waals surface area contributed by atoms with Crippen LogP contribution in [0.4, 0.5) is 0 Å². The Hall–Kier alpha value is -2.76. The number of carboxylic acids is 1. The SMILES string of the molecule is COc1cccc(CNC(=O)c2cccn2CC(=O)O)c1. The Morgan fingerprint density at radius 1 is 1.29 bits per heavy atom. The van der Waals surface area contributed by atoms with Crippen LogP contribution in [-0.4, -0.2) is 28.7 Å². The Kier molecular flexibility index (Phi) is 4.61. The van der Waals surface area contributed by atoms with Crippen LogP contribution in [0.3, 0.4) is 0 Å². The molecule has 1 heterocycles. The highest BCUT2D eigenvalue weighted by atomic mass is 16.5. The van der Waals surface area contributed by atoms with Crippen molar-refractivity contribution in [2.24, 2.45) is 0 Å². The van der Waals surface area contributed by atoms with Crippen LogP contribution in [0.5, 0.6) is 5.75 Å². The van der Waals surface area contributed by atoms with Crippen LogP contribution in [-0.2, 0) is 17.9 Å². The van der Waals surface area contributed by atoms with E-state index in [0.29, 0.717) is 12.2 Å². The minimum Gasteiger partial charge on any atom is -0.497 e. The molecule has 6 heteroatoms. The van der Waals surface area contributed by atoms with Crippen LogP contribution >= 0.6 is 0 Å². The largest absolute Gasteiger partial charge is 0.497 e. The van der Waals surface area contributed by atoms with Crippen molar-refractivity contribution in [2.75, 3.05) is 7.11 Å². The van der Waals surface area contributed by atoms with Crippen LogP contribution in [0.2, 0.25) is 0 Å². The summed E-state index contributed by atoms with van der Waals surface area (Å²) in [6, 6.07) is 10.6. The van der Waals surface area contributed by atoms with Crippen molar-refractivity contribution in [3.63, 3.8) is 0 Å². The topological polar surface area (TPSA) is 80.6 Å². The molecule has 2 rings (SSSR count). The highest BCUT2D eigenvalue weighted by Crippen LogP contribution is 2.12. The maximum absolute atomic E-state index is 12.1. The fourth-order valence-electron chi connectivity index (χ4n) is 1.96. The fourth-order valence-corrected chi connectivity index (χ4v) is 1.96. The molecule has 1 aromatic carbocycles. The smallest absolute Gasteiger partial charge is 0.323 e. The van der Waals surface area contributed by atoms with Crippen LogP contribution in [0.25, 0.3) is 0 Å². The van der Waals surface area contributed by atoms with Gasteiger partial charge in [-0.05, 0) is 29.8 Å². The van der Waals surface area contributed by atoms with Gasteiger partial charge >= 0.3 is 5.97 Å². The van der Waals surface area contributed by atoms with Crippen LogP contribution in [0, 0.1) is 0 Å². The van der Waals surface area contributed by atoms with Gasteiger partial charge < -0.3 is 19.7 Å². The van der Waals surface area contributed by atoms with Gasteiger partial charge in [0.25, 0.3) is 5.91 Å². The molecule has 0 aliphatic heterocycles. The number of aliphatic carboxylic acids is 1. The number of benzene rings is 1. The summed E-state index contributed by atoms with van der Waals surface area (Å²) < 4.78 is 6.51. The van der Waals surface area contributed by atoms with Gasteiger partial charge in [0, 0.05) is 12.7 Å². The van der Waals surface area contributed by atoms with E-state index in [1.807, 2.05) is 24.3 Å². The number of nitrogens with one attached hydrogen (secondary N) is 1. The molecule has 0 unspecified atom stereocenters. The van der Waals surface area contributed by atoms with Crippen molar-refractivity contribution in [1.82, 2.24) is 9.88 Å². The Bertz CT molecular complexity index is 649. The van der Waals surface area contributed by atoms with Gasteiger partial charge in [-0.25, -0.2) is 0 Å².